The van der Waals surface area contributed by atoms with Gasteiger partial charge in [-0.25, -0.2) is 9.97 Å². The van der Waals surface area contributed by atoms with Crippen molar-refractivity contribution in [3.63, 3.8) is 0 Å². The predicted octanol–water partition coefficient (Wildman–Crippen LogP) is 9.68. The van der Waals surface area contributed by atoms with Crippen LogP contribution in [0.3, 0.4) is 0 Å². The first-order chi connectivity index (χ1) is 26.6. The highest BCUT2D eigenvalue weighted by atomic mass is 79.9. The minimum absolute atomic E-state index is 0.264. The zero-order valence-corrected chi connectivity index (χ0v) is 36.8. The molecule has 296 valence electrons. The third kappa shape index (κ3) is 10.7. The van der Waals surface area contributed by atoms with E-state index in [0.29, 0.717) is 24.6 Å². The fraction of sp³-hybridized carbons (Fsp3) is 0.348. The van der Waals surface area contributed by atoms with Crippen molar-refractivity contribution >= 4 is 53.7 Å². The molecule has 4 unspecified atom stereocenters. The van der Waals surface area contributed by atoms with Gasteiger partial charge in [-0.3, -0.25) is 0 Å². The molecule has 6 aromatic rings. The molecule has 0 radical (unpaired) electrons. The summed E-state index contributed by atoms with van der Waals surface area (Å²) in [6.07, 6.45) is 1.25. The number of hydrogen-bond acceptors (Lipinski definition) is 8. The summed E-state index contributed by atoms with van der Waals surface area (Å²) in [4.78, 5) is 13.6. The lowest BCUT2D eigenvalue weighted by molar-refractivity contribution is 0.0265. The first-order valence-electron chi connectivity index (χ1n) is 18.8. The molecule has 8 nitrogen and oxygen atoms in total. The van der Waals surface area contributed by atoms with Gasteiger partial charge in [0.1, 0.15) is 0 Å². The SMILES string of the molecule is COc1nc2ccc(Br)cc2cc1C(c1ccccc1)C(C)(O)CCN(C)C.COc1nc2ccc(Br)cc2cc1C(c1ccccc1)C(C)(O)CCN(C)C. The Hall–Kier alpha value is -3.90. The van der Waals surface area contributed by atoms with Gasteiger partial charge in [0.25, 0.3) is 0 Å². The Bertz CT molecular complexity index is 2040. The van der Waals surface area contributed by atoms with Gasteiger partial charge in [0.05, 0.1) is 36.5 Å². The summed E-state index contributed by atoms with van der Waals surface area (Å²) in [6.45, 7) is 5.37. The van der Waals surface area contributed by atoms with E-state index in [2.05, 4.69) is 78.1 Å². The fourth-order valence-corrected chi connectivity index (χ4v) is 8.02. The lowest BCUT2D eigenvalue weighted by Gasteiger charge is -2.35. The van der Waals surface area contributed by atoms with Crippen molar-refractivity contribution < 1.29 is 19.7 Å². The minimum Gasteiger partial charge on any atom is -0.481 e. The van der Waals surface area contributed by atoms with Gasteiger partial charge in [0.15, 0.2) is 0 Å². The zero-order valence-electron chi connectivity index (χ0n) is 33.6. The second kappa shape index (κ2) is 19.0. The minimum atomic E-state index is -0.972. The average molecular weight is 887 g/mol. The smallest absolute Gasteiger partial charge is 0.217 e. The first kappa shape index (κ1) is 43.2. The van der Waals surface area contributed by atoms with Crippen LogP contribution in [0.4, 0.5) is 0 Å². The Labute approximate surface area is 348 Å². The monoisotopic (exact) mass is 884 g/mol. The van der Waals surface area contributed by atoms with E-state index in [9.17, 15) is 10.2 Å². The maximum absolute atomic E-state index is 11.6. The number of aliphatic hydroxyl groups is 2. The average Bonchev–Trinajstić information content (AvgIpc) is 3.17. The van der Waals surface area contributed by atoms with Crippen molar-refractivity contribution in [2.24, 2.45) is 0 Å². The summed E-state index contributed by atoms with van der Waals surface area (Å²) in [5.41, 5.74) is 3.65. The molecular formula is C46H54Br2N4O4. The molecule has 0 aliphatic rings. The van der Waals surface area contributed by atoms with Crippen LogP contribution in [0.15, 0.2) is 118 Å². The lowest BCUT2D eigenvalue weighted by Crippen LogP contribution is -2.37. The van der Waals surface area contributed by atoms with E-state index in [1.165, 1.54) is 0 Å². The maximum atomic E-state index is 11.6. The summed E-state index contributed by atoms with van der Waals surface area (Å²) in [5.74, 6) is 0.571. The van der Waals surface area contributed by atoms with Crippen LogP contribution in [0.5, 0.6) is 11.8 Å². The molecule has 0 bridgehead atoms. The van der Waals surface area contributed by atoms with Crippen molar-refractivity contribution in [2.45, 2.75) is 49.7 Å². The molecule has 0 saturated carbocycles. The number of rotatable bonds is 14. The summed E-state index contributed by atoms with van der Waals surface area (Å²) in [5, 5.41) is 25.1. The lowest BCUT2D eigenvalue weighted by atomic mass is 9.76. The molecule has 0 saturated heterocycles. The van der Waals surface area contributed by atoms with Gasteiger partial charge in [-0.05, 0) is 115 Å². The number of hydrogen-bond donors (Lipinski definition) is 2. The number of nitrogens with zero attached hydrogens (tertiary/aromatic N) is 4. The van der Waals surface area contributed by atoms with Gasteiger partial charge in [0, 0.05) is 55.8 Å². The van der Waals surface area contributed by atoms with Gasteiger partial charge < -0.3 is 29.5 Å². The summed E-state index contributed by atoms with van der Waals surface area (Å²) in [7, 11) is 11.3. The van der Waals surface area contributed by atoms with Crippen LogP contribution in [0.1, 0.15) is 60.8 Å². The Morgan fingerprint density at radius 1 is 0.571 bits per heavy atom. The van der Waals surface area contributed by atoms with Gasteiger partial charge in [-0.15, -0.1) is 0 Å². The van der Waals surface area contributed by atoms with E-state index in [0.717, 1.165) is 66.1 Å². The van der Waals surface area contributed by atoms with Gasteiger partial charge in [-0.2, -0.15) is 0 Å². The van der Waals surface area contributed by atoms with Crippen molar-refractivity contribution in [2.75, 3.05) is 55.5 Å². The number of methoxy groups -OCH3 is 2. The van der Waals surface area contributed by atoms with E-state index < -0.39 is 11.2 Å². The molecule has 2 heterocycles. The molecule has 0 spiro atoms. The van der Waals surface area contributed by atoms with Crippen LogP contribution in [-0.2, 0) is 0 Å². The highest BCUT2D eigenvalue weighted by Crippen LogP contribution is 2.43. The number of fused-ring (bicyclic) bond motifs is 2. The summed E-state index contributed by atoms with van der Waals surface area (Å²) >= 11 is 7.08. The largest absolute Gasteiger partial charge is 0.481 e. The maximum Gasteiger partial charge on any atom is 0.217 e. The fourth-order valence-electron chi connectivity index (χ4n) is 7.26. The zero-order chi connectivity index (χ0) is 40.6. The standard InChI is InChI=1S/2C23H27BrN2O2/c2*1-23(27,12-13-26(2)3)21(16-8-6-5-7-9-16)19-15-17-14-18(24)10-11-20(17)25-22(19)28-4/h2*5-11,14-15,21,27H,12-13H2,1-4H3. The Morgan fingerprint density at radius 3 is 1.25 bits per heavy atom. The third-order valence-corrected chi connectivity index (χ3v) is 11.2. The molecule has 0 aliphatic heterocycles. The first-order valence-corrected chi connectivity index (χ1v) is 20.3. The molecule has 0 aliphatic carbocycles. The normalized spacial score (nSPS) is 14.8. The predicted molar refractivity (Wildman–Crippen MR) is 236 cm³/mol. The van der Waals surface area contributed by atoms with Crippen molar-refractivity contribution in [3.05, 3.63) is 140 Å². The summed E-state index contributed by atoms with van der Waals surface area (Å²) < 4.78 is 13.3. The second-order valence-corrected chi connectivity index (χ2v) is 17.2. The molecule has 0 amide bonds. The molecule has 0 fully saturated rings. The van der Waals surface area contributed by atoms with Crippen LogP contribution in [-0.4, -0.2) is 96.7 Å². The molecule has 4 atom stereocenters. The van der Waals surface area contributed by atoms with E-state index in [1.54, 1.807) is 14.2 Å². The van der Waals surface area contributed by atoms with Crippen molar-refractivity contribution in [1.82, 2.24) is 19.8 Å². The van der Waals surface area contributed by atoms with Crippen LogP contribution < -0.4 is 9.47 Å². The highest BCUT2D eigenvalue weighted by molar-refractivity contribution is 9.10. The van der Waals surface area contributed by atoms with E-state index in [4.69, 9.17) is 19.4 Å². The number of aromatic nitrogens is 2. The number of halogens is 2. The van der Waals surface area contributed by atoms with Gasteiger partial charge >= 0.3 is 0 Å². The van der Waals surface area contributed by atoms with Crippen molar-refractivity contribution in [3.8, 4) is 11.8 Å². The van der Waals surface area contributed by atoms with Crippen LogP contribution in [0, 0.1) is 0 Å². The molecule has 2 aromatic heterocycles. The molecule has 10 heteroatoms. The molecule has 6 rings (SSSR count). The molecular weight excluding hydrogens is 832 g/mol. The van der Waals surface area contributed by atoms with Crippen molar-refractivity contribution in [1.29, 1.82) is 0 Å². The van der Waals surface area contributed by atoms with E-state index in [-0.39, 0.29) is 11.8 Å². The third-order valence-electron chi connectivity index (χ3n) is 10.2. The van der Waals surface area contributed by atoms with Crippen LogP contribution in [0.25, 0.3) is 21.8 Å². The second-order valence-electron chi connectivity index (χ2n) is 15.4. The topological polar surface area (TPSA) is 91.2 Å². The Balaban J connectivity index is 0.000000214. The number of ether oxygens (including phenoxy) is 2. The van der Waals surface area contributed by atoms with Crippen LogP contribution in [0.2, 0.25) is 0 Å². The van der Waals surface area contributed by atoms with E-state index in [1.807, 2.05) is 115 Å². The quantitative estimate of drug-likeness (QED) is 0.112. The Kier molecular flexibility index (Phi) is 14.7. The Morgan fingerprint density at radius 2 is 0.929 bits per heavy atom. The molecule has 4 aromatic carbocycles. The van der Waals surface area contributed by atoms with Crippen LogP contribution >= 0.6 is 31.9 Å². The van der Waals surface area contributed by atoms with E-state index >= 15 is 0 Å². The summed E-state index contributed by atoms with van der Waals surface area (Å²) in [6, 6.07) is 36.3. The van der Waals surface area contributed by atoms with Gasteiger partial charge in [-0.1, -0.05) is 92.5 Å². The number of pyridine rings is 2. The molecule has 56 heavy (non-hydrogen) atoms. The number of benzene rings is 4. The highest BCUT2D eigenvalue weighted by Gasteiger charge is 2.38. The van der Waals surface area contributed by atoms with Gasteiger partial charge in [0.2, 0.25) is 11.8 Å². The molecule has 2 N–H and O–H groups in total.